The number of hydrogen-bond acceptors (Lipinski definition) is 4. The summed E-state index contributed by atoms with van der Waals surface area (Å²) in [4.78, 5) is 18.1. The normalized spacial score (nSPS) is 21.3. The molecule has 0 aromatic heterocycles. The maximum absolute atomic E-state index is 13.2. The number of carbonyl (C=O) groups excluding carboxylic acids is 1. The van der Waals surface area contributed by atoms with E-state index in [2.05, 4.69) is 28.4 Å². The van der Waals surface area contributed by atoms with E-state index in [0.29, 0.717) is 22.6 Å². The highest BCUT2D eigenvalue weighted by atomic mass is 35.5. The first-order chi connectivity index (χ1) is 14.1. The summed E-state index contributed by atoms with van der Waals surface area (Å²) >= 11 is 13.8. The quantitative estimate of drug-likeness (QED) is 0.675. The van der Waals surface area contributed by atoms with Gasteiger partial charge in [-0.3, -0.25) is 4.79 Å². The molecule has 152 valence electrons. The summed E-state index contributed by atoms with van der Waals surface area (Å²) in [5.41, 5.74) is 3.04. The third-order valence-corrected chi connectivity index (χ3v) is 7.13. The van der Waals surface area contributed by atoms with Gasteiger partial charge >= 0.3 is 0 Å². The van der Waals surface area contributed by atoms with Crippen LogP contribution in [0.2, 0.25) is 10.0 Å². The zero-order valence-electron chi connectivity index (χ0n) is 16.2. The molecule has 0 spiro atoms. The van der Waals surface area contributed by atoms with E-state index in [4.69, 9.17) is 23.2 Å². The van der Waals surface area contributed by atoms with Crippen molar-refractivity contribution in [3.63, 3.8) is 0 Å². The third-order valence-electron chi connectivity index (χ3n) is 5.40. The molecule has 1 amide bonds. The Kier molecular flexibility index (Phi) is 6.40. The van der Waals surface area contributed by atoms with Gasteiger partial charge in [0.2, 0.25) is 0 Å². The molecular weight excluding hydrogens is 425 g/mol. The lowest BCUT2D eigenvalue weighted by molar-refractivity contribution is -0.114. The minimum absolute atomic E-state index is 0.00367. The second kappa shape index (κ2) is 9.00. The van der Waals surface area contributed by atoms with E-state index in [1.165, 1.54) is 5.69 Å². The second-order valence-corrected chi connectivity index (χ2v) is 9.14. The number of amides is 1. The van der Waals surface area contributed by atoms with E-state index in [0.717, 1.165) is 41.4 Å². The van der Waals surface area contributed by atoms with Crippen molar-refractivity contribution in [1.29, 1.82) is 0 Å². The van der Waals surface area contributed by atoms with Crippen LogP contribution < -0.4 is 15.1 Å². The molecule has 2 aromatic rings. The van der Waals surface area contributed by atoms with Crippen LogP contribution in [-0.4, -0.2) is 44.4 Å². The fourth-order valence-corrected chi connectivity index (χ4v) is 5.03. The van der Waals surface area contributed by atoms with E-state index < -0.39 is 0 Å². The van der Waals surface area contributed by atoms with Crippen LogP contribution in [-0.2, 0) is 4.79 Å². The Balaban J connectivity index is 1.61. The highest BCUT2D eigenvalue weighted by Gasteiger charge is 2.27. The van der Waals surface area contributed by atoms with Gasteiger partial charge in [0.15, 0.2) is 0 Å². The Hall–Kier alpha value is -1.66. The molecule has 2 aliphatic rings. The molecule has 0 aliphatic carbocycles. The van der Waals surface area contributed by atoms with Gasteiger partial charge < -0.3 is 15.1 Å². The van der Waals surface area contributed by atoms with Crippen LogP contribution in [0.5, 0.6) is 0 Å². The first-order valence-electron chi connectivity index (χ1n) is 9.69. The van der Waals surface area contributed by atoms with Crippen LogP contribution in [0.25, 0.3) is 6.08 Å². The van der Waals surface area contributed by atoms with E-state index in [9.17, 15) is 4.79 Å². The van der Waals surface area contributed by atoms with Crippen molar-refractivity contribution in [3.8, 4) is 0 Å². The zero-order valence-corrected chi connectivity index (χ0v) is 18.5. The predicted molar refractivity (Wildman–Crippen MR) is 125 cm³/mol. The summed E-state index contributed by atoms with van der Waals surface area (Å²) < 4.78 is 0. The number of nitrogens with zero attached hydrogens (tertiary/aromatic N) is 2. The van der Waals surface area contributed by atoms with Crippen LogP contribution in [0.4, 0.5) is 11.4 Å². The molecular formula is C22H23Cl2N3OS. The topological polar surface area (TPSA) is 35.6 Å². The van der Waals surface area contributed by atoms with Crippen molar-refractivity contribution < 1.29 is 4.79 Å². The number of halogens is 2. The number of anilines is 2. The number of nitrogens with one attached hydrogen (secondary N) is 1. The van der Waals surface area contributed by atoms with E-state index >= 15 is 0 Å². The van der Waals surface area contributed by atoms with Crippen molar-refractivity contribution in [2.24, 2.45) is 0 Å². The summed E-state index contributed by atoms with van der Waals surface area (Å²) in [5.74, 6) is 0.842. The highest BCUT2D eigenvalue weighted by molar-refractivity contribution is 8.04. The standard InChI is InChI=1S/C22H23Cl2N3OS/c1-25-16-8-9-26(14-16)20-5-3-2-4-15(20)12-21-22(28)27(10-11-29-21)17-6-7-18(23)19(24)13-17/h2-7,12-13,16,25H,8-11,14H2,1H3/b21-12+. The second-order valence-electron chi connectivity index (χ2n) is 7.19. The maximum Gasteiger partial charge on any atom is 0.264 e. The predicted octanol–water partition coefficient (Wildman–Crippen LogP) is 4.91. The fourth-order valence-electron chi connectivity index (χ4n) is 3.80. The van der Waals surface area contributed by atoms with Gasteiger partial charge in [-0.1, -0.05) is 41.4 Å². The zero-order chi connectivity index (χ0) is 20.4. The first-order valence-corrected chi connectivity index (χ1v) is 11.4. The van der Waals surface area contributed by atoms with Gasteiger partial charge in [0.05, 0.1) is 15.0 Å². The number of carbonyl (C=O) groups is 1. The monoisotopic (exact) mass is 447 g/mol. The Morgan fingerprint density at radius 2 is 1.97 bits per heavy atom. The highest BCUT2D eigenvalue weighted by Crippen LogP contribution is 2.34. The van der Waals surface area contributed by atoms with E-state index in [1.54, 1.807) is 28.8 Å². The Labute approximate surface area is 185 Å². The lowest BCUT2D eigenvalue weighted by atomic mass is 10.1. The number of benzene rings is 2. The molecule has 7 heteroatoms. The van der Waals surface area contributed by atoms with Gasteiger partial charge in [0, 0.05) is 42.8 Å². The molecule has 2 fully saturated rings. The Morgan fingerprint density at radius 1 is 1.14 bits per heavy atom. The molecule has 2 aromatic carbocycles. The number of thioether (sulfide) groups is 1. The van der Waals surface area contributed by atoms with Crippen LogP contribution in [0.1, 0.15) is 12.0 Å². The van der Waals surface area contributed by atoms with E-state index in [-0.39, 0.29) is 5.91 Å². The summed E-state index contributed by atoms with van der Waals surface area (Å²) in [6, 6.07) is 14.1. The molecule has 2 aliphatic heterocycles. The Bertz CT molecular complexity index is 949. The molecule has 29 heavy (non-hydrogen) atoms. The maximum atomic E-state index is 13.2. The van der Waals surface area contributed by atoms with Gasteiger partial charge in [-0.25, -0.2) is 0 Å². The number of para-hydroxylation sites is 1. The average Bonchev–Trinajstić information content (AvgIpc) is 3.21. The van der Waals surface area contributed by atoms with Crippen molar-refractivity contribution in [1.82, 2.24) is 5.32 Å². The van der Waals surface area contributed by atoms with Crippen LogP contribution in [0.15, 0.2) is 47.4 Å². The Morgan fingerprint density at radius 3 is 2.72 bits per heavy atom. The minimum atomic E-state index is 0.00367. The molecule has 0 radical (unpaired) electrons. The SMILES string of the molecule is CNC1CCN(c2ccccc2/C=C2/SCCN(c3ccc(Cl)c(Cl)c3)C2=O)C1. The molecule has 0 saturated carbocycles. The fraction of sp³-hybridized carbons (Fsp3) is 0.318. The van der Waals surface area contributed by atoms with Crippen LogP contribution >= 0.6 is 35.0 Å². The molecule has 1 N–H and O–H groups in total. The van der Waals surface area contributed by atoms with Gasteiger partial charge in [0.25, 0.3) is 5.91 Å². The molecule has 2 saturated heterocycles. The first kappa shape index (κ1) is 20.6. The molecule has 1 unspecified atom stereocenters. The third kappa shape index (κ3) is 4.43. The summed E-state index contributed by atoms with van der Waals surface area (Å²) in [6.45, 7) is 2.64. The van der Waals surface area contributed by atoms with Crippen molar-refractivity contribution in [3.05, 3.63) is 63.0 Å². The summed E-state index contributed by atoms with van der Waals surface area (Å²) in [5, 5.41) is 4.31. The molecule has 2 heterocycles. The van der Waals surface area contributed by atoms with Crippen molar-refractivity contribution >= 4 is 58.3 Å². The average molecular weight is 448 g/mol. The molecule has 0 bridgehead atoms. The molecule has 4 rings (SSSR count). The van der Waals surface area contributed by atoms with Crippen molar-refractivity contribution in [2.45, 2.75) is 12.5 Å². The van der Waals surface area contributed by atoms with Gasteiger partial charge in [-0.15, -0.1) is 11.8 Å². The van der Waals surface area contributed by atoms with Gasteiger partial charge in [-0.05, 0) is 49.4 Å². The van der Waals surface area contributed by atoms with E-state index in [1.807, 2.05) is 25.3 Å². The smallest absolute Gasteiger partial charge is 0.264 e. The molecule has 1 atom stereocenters. The summed E-state index contributed by atoms with van der Waals surface area (Å²) in [6.07, 6.45) is 3.15. The van der Waals surface area contributed by atoms with Crippen molar-refractivity contribution in [2.75, 3.05) is 42.2 Å². The van der Waals surface area contributed by atoms with Crippen LogP contribution in [0, 0.1) is 0 Å². The van der Waals surface area contributed by atoms with Gasteiger partial charge in [0.1, 0.15) is 0 Å². The largest absolute Gasteiger partial charge is 0.369 e. The lowest BCUT2D eigenvalue weighted by Crippen LogP contribution is -2.37. The summed E-state index contributed by atoms with van der Waals surface area (Å²) in [7, 11) is 2.01. The van der Waals surface area contributed by atoms with Crippen LogP contribution in [0.3, 0.4) is 0 Å². The lowest BCUT2D eigenvalue weighted by Gasteiger charge is -2.29. The number of hydrogen-bond donors (Lipinski definition) is 1. The number of rotatable bonds is 4. The van der Waals surface area contributed by atoms with Gasteiger partial charge in [-0.2, -0.15) is 0 Å². The number of likely N-dealkylation sites (N-methyl/N-ethyl adjacent to an activating group) is 1. The molecule has 4 nitrogen and oxygen atoms in total. The minimum Gasteiger partial charge on any atom is -0.369 e.